The Kier molecular flexibility index (Phi) is 2.76. The first-order valence-electron chi connectivity index (χ1n) is 4.75. The molecule has 2 aliphatic heterocycles. The van der Waals surface area contributed by atoms with Crippen LogP contribution in [-0.4, -0.2) is 42.3 Å². The van der Waals surface area contributed by atoms with Crippen LogP contribution >= 0.6 is 0 Å². The van der Waals surface area contributed by atoms with Crippen molar-refractivity contribution in [2.75, 3.05) is 21.3 Å². The molecule has 14 heavy (non-hydrogen) atoms. The van der Waals surface area contributed by atoms with Gasteiger partial charge in [-0.2, -0.15) is 0 Å². The molecule has 0 aromatic rings. The molecule has 0 spiro atoms. The Morgan fingerprint density at radius 3 is 2.14 bits per heavy atom. The van der Waals surface area contributed by atoms with Gasteiger partial charge in [0, 0.05) is 21.3 Å². The lowest BCUT2D eigenvalue weighted by molar-refractivity contribution is 0.0864. The first kappa shape index (κ1) is 10.3. The van der Waals surface area contributed by atoms with Crippen LogP contribution in [0.2, 0.25) is 5.54 Å². The molecule has 0 N–H and O–H groups in total. The van der Waals surface area contributed by atoms with Gasteiger partial charge >= 0.3 is 8.80 Å². The first-order valence-corrected chi connectivity index (χ1v) is 6.55. The second-order valence-corrected chi connectivity index (χ2v) is 6.76. The number of hydrogen-bond acceptors (Lipinski definition) is 4. The standard InChI is InChI=1S/C9H16O4Si/c1-10-14(11-2,12-3)9-6-7-4-5-8(9)13-7/h4-5,7-9H,6H2,1-3H3. The number of ether oxygens (including phenoxy) is 1. The molecule has 0 aromatic carbocycles. The van der Waals surface area contributed by atoms with E-state index in [2.05, 4.69) is 12.2 Å². The fraction of sp³-hybridized carbons (Fsp3) is 0.778. The van der Waals surface area contributed by atoms with Crippen molar-refractivity contribution in [3.8, 4) is 0 Å². The van der Waals surface area contributed by atoms with Gasteiger partial charge < -0.3 is 18.0 Å². The van der Waals surface area contributed by atoms with Crippen LogP contribution in [0.5, 0.6) is 0 Å². The van der Waals surface area contributed by atoms with Crippen LogP contribution in [0, 0.1) is 0 Å². The molecule has 2 rings (SSSR count). The summed E-state index contributed by atoms with van der Waals surface area (Å²) in [4.78, 5) is 0. The molecule has 1 saturated heterocycles. The van der Waals surface area contributed by atoms with Gasteiger partial charge in [0.25, 0.3) is 0 Å². The quantitative estimate of drug-likeness (QED) is 0.518. The van der Waals surface area contributed by atoms with E-state index >= 15 is 0 Å². The van der Waals surface area contributed by atoms with Gasteiger partial charge in [-0.1, -0.05) is 12.2 Å². The Hall–Kier alpha value is -0.203. The van der Waals surface area contributed by atoms with Crippen molar-refractivity contribution in [3.05, 3.63) is 12.2 Å². The van der Waals surface area contributed by atoms with Gasteiger partial charge in [0.05, 0.1) is 17.7 Å². The molecular formula is C9H16O4Si. The third-order valence-electron chi connectivity index (χ3n) is 3.04. The van der Waals surface area contributed by atoms with E-state index in [0.29, 0.717) is 0 Å². The second kappa shape index (κ2) is 3.75. The van der Waals surface area contributed by atoms with Crippen molar-refractivity contribution < 1.29 is 18.0 Å². The van der Waals surface area contributed by atoms with Crippen molar-refractivity contribution >= 4 is 8.80 Å². The maximum atomic E-state index is 5.68. The van der Waals surface area contributed by atoms with E-state index < -0.39 is 8.80 Å². The molecule has 3 unspecified atom stereocenters. The molecule has 2 heterocycles. The predicted molar refractivity (Wildman–Crippen MR) is 52.9 cm³/mol. The summed E-state index contributed by atoms with van der Waals surface area (Å²) in [6, 6.07) is 0. The van der Waals surface area contributed by atoms with E-state index in [1.165, 1.54) is 0 Å². The SMILES string of the molecule is CO[Si](OC)(OC)C1CC2C=CC1O2. The Labute approximate surface area is 85.2 Å². The Morgan fingerprint density at radius 1 is 1.14 bits per heavy atom. The van der Waals surface area contributed by atoms with E-state index in [1.54, 1.807) is 21.3 Å². The van der Waals surface area contributed by atoms with Crippen molar-refractivity contribution in [3.63, 3.8) is 0 Å². The summed E-state index contributed by atoms with van der Waals surface area (Å²) in [5, 5.41) is 0. The third-order valence-corrected chi connectivity index (χ3v) is 6.22. The lowest BCUT2D eigenvalue weighted by Crippen LogP contribution is -2.50. The van der Waals surface area contributed by atoms with Crippen LogP contribution in [0.1, 0.15) is 6.42 Å². The Balaban J connectivity index is 2.16. The summed E-state index contributed by atoms with van der Waals surface area (Å²) in [6.07, 6.45) is 5.48. The molecule has 1 fully saturated rings. The average molecular weight is 216 g/mol. The first-order chi connectivity index (χ1) is 6.75. The molecule has 5 heteroatoms. The van der Waals surface area contributed by atoms with Gasteiger partial charge in [-0.05, 0) is 6.42 Å². The monoisotopic (exact) mass is 216 g/mol. The van der Waals surface area contributed by atoms with Gasteiger partial charge in [0.2, 0.25) is 0 Å². The van der Waals surface area contributed by atoms with Crippen LogP contribution in [0.15, 0.2) is 12.2 Å². The fourth-order valence-electron chi connectivity index (χ4n) is 2.32. The van der Waals surface area contributed by atoms with E-state index in [4.69, 9.17) is 18.0 Å². The zero-order valence-corrected chi connectivity index (χ0v) is 9.73. The minimum Gasteiger partial charge on any atom is -0.377 e. The molecule has 0 saturated carbocycles. The minimum atomic E-state index is -2.51. The summed E-state index contributed by atoms with van der Waals surface area (Å²) in [5.74, 6) is 0. The van der Waals surface area contributed by atoms with Gasteiger partial charge in [0.15, 0.2) is 0 Å². The summed E-state index contributed by atoms with van der Waals surface area (Å²) in [6.45, 7) is 0. The van der Waals surface area contributed by atoms with Gasteiger partial charge in [-0.3, -0.25) is 0 Å². The van der Waals surface area contributed by atoms with Gasteiger partial charge in [-0.25, -0.2) is 0 Å². The topological polar surface area (TPSA) is 36.9 Å². The highest BCUT2D eigenvalue weighted by Gasteiger charge is 2.56. The smallest absolute Gasteiger partial charge is 0.377 e. The lowest BCUT2D eigenvalue weighted by atomic mass is 10.1. The van der Waals surface area contributed by atoms with Crippen LogP contribution in [0.4, 0.5) is 0 Å². The van der Waals surface area contributed by atoms with E-state index in [9.17, 15) is 0 Å². The largest absolute Gasteiger partial charge is 0.506 e. The van der Waals surface area contributed by atoms with Crippen LogP contribution < -0.4 is 0 Å². The zero-order chi connectivity index (χ0) is 10.2. The molecule has 4 nitrogen and oxygen atoms in total. The van der Waals surface area contributed by atoms with Gasteiger partial charge in [0.1, 0.15) is 0 Å². The predicted octanol–water partition coefficient (Wildman–Crippen LogP) is 0.962. The van der Waals surface area contributed by atoms with Crippen LogP contribution in [0.3, 0.4) is 0 Å². The van der Waals surface area contributed by atoms with Crippen molar-refractivity contribution in [1.29, 1.82) is 0 Å². The summed E-state index contributed by atoms with van der Waals surface area (Å²) < 4.78 is 22.0. The average Bonchev–Trinajstić information content (AvgIpc) is 2.83. The summed E-state index contributed by atoms with van der Waals surface area (Å²) in [5.41, 5.74) is 0.248. The highest BCUT2D eigenvalue weighted by atomic mass is 28.4. The highest BCUT2D eigenvalue weighted by Crippen LogP contribution is 2.44. The highest BCUT2D eigenvalue weighted by molar-refractivity contribution is 6.62. The molecule has 80 valence electrons. The Morgan fingerprint density at radius 2 is 1.79 bits per heavy atom. The maximum absolute atomic E-state index is 5.68. The molecule has 0 aromatic heterocycles. The molecule has 2 aliphatic rings. The summed E-state index contributed by atoms with van der Waals surface area (Å²) in [7, 11) is 2.43. The van der Waals surface area contributed by atoms with Crippen molar-refractivity contribution in [2.45, 2.75) is 24.2 Å². The van der Waals surface area contributed by atoms with E-state index in [1.807, 2.05) is 0 Å². The van der Waals surface area contributed by atoms with Gasteiger partial charge in [-0.15, -0.1) is 0 Å². The molecule has 3 atom stereocenters. The van der Waals surface area contributed by atoms with Crippen molar-refractivity contribution in [1.82, 2.24) is 0 Å². The second-order valence-electron chi connectivity index (χ2n) is 3.58. The Bertz CT molecular complexity index is 231. The van der Waals surface area contributed by atoms with Crippen molar-refractivity contribution in [2.24, 2.45) is 0 Å². The molecule has 0 radical (unpaired) electrons. The normalized spacial score (nSPS) is 35.5. The maximum Gasteiger partial charge on any atom is 0.506 e. The molecule has 0 amide bonds. The molecular weight excluding hydrogens is 200 g/mol. The lowest BCUT2D eigenvalue weighted by Gasteiger charge is -2.31. The third kappa shape index (κ3) is 1.36. The van der Waals surface area contributed by atoms with Crippen LogP contribution in [0.25, 0.3) is 0 Å². The minimum absolute atomic E-state index is 0.117. The number of rotatable bonds is 4. The summed E-state index contributed by atoms with van der Waals surface area (Å²) >= 11 is 0. The fourth-order valence-corrected chi connectivity index (χ4v) is 4.84. The number of fused-ring (bicyclic) bond motifs is 2. The molecule has 0 aliphatic carbocycles. The van der Waals surface area contributed by atoms with Crippen LogP contribution in [-0.2, 0) is 18.0 Å². The molecule has 2 bridgehead atoms. The number of hydrogen-bond donors (Lipinski definition) is 0. The zero-order valence-electron chi connectivity index (χ0n) is 8.73. The van der Waals surface area contributed by atoms with E-state index in [-0.39, 0.29) is 17.7 Å². The van der Waals surface area contributed by atoms with E-state index in [0.717, 1.165) is 6.42 Å².